The van der Waals surface area contributed by atoms with Gasteiger partial charge in [-0.3, -0.25) is 14.7 Å². The van der Waals surface area contributed by atoms with E-state index in [4.69, 9.17) is 11.6 Å². The molecule has 176 valence electrons. The number of halogens is 3. The third-order valence-electron chi connectivity index (χ3n) is 5.59. The molecule has 31 heavy (non-hydrogen) atoms. The summed E-state index contributed by atoms with van der Waals surface area (Å²) in [5.74, 6) is 0.570. The second-order valence-corrected chi connectivity index (χ2v) is 9.05. The van der Waals surface area contributed by atoms with E-state index >= 15 is 0 Å². The Morgan fingerprint density at radius 3 is 2.68 bits per heavy atom. The molecule has 0 radical (unpaired) electrons. The molecule has 1 aliphatic rings. The molecule has 6 nitrogen and oxygen atoms in total. The van der Waals surface area contributed by atoms with E-state index in [-0.39, 0.29) is 47.2 Å². The van der Waals surface area contributed by atoms with Crippen molar-refractivity contribution >= 4 is 47.4 Å². The van der Waals surface area contributed by atoms with E-state index in [0.29, 0.717) is 17.5 Å². The van der Waals surface area contributed by atoms with Crippen LogP contribution in [0.4, 0.5) is 4.39 Å². The Kier molecular flexibility index (Phi) is 11.5. The normalized spacial score (nSPS) is 17.3. The lowest BCUT2D eigenvalue weighted by Crippen LogP contribution is -2.45. The van der Waals surface area contributed by atoms with Gasteiger partial charge in [0.15, 0.2) is 5.96 Å². The number of nitrogens with zero attached hydrogens (tertiary/aromatic N) is 3. The van der Waals surface area contributed by atoms with Crippen LogP contribution in [0.2, 0.25) is 5.02 Å². The molecule has 0 spiro atoms. The molecule has 1 saturated heterocycles. The number of carbonyl (C=O) groups excluding carboxylic acids is 1. The fraction of sp³-hybridized carbons (Fsp3) is 0.636. The summed E-state index contributed by atoms with van der Waals surface area (Å²) in [5, 5.41) is 7.09. The van der Waals surface area contributed by atoms with Gasteiger partial charge in [-0.25, -0.2) is 4.39 Å². The molecular weight excluding hydrogens is 532 g/mol. The Hall–Kier alpha value is -1.13. The Balaban J connectivity index is 0.00000480. The first-order valence-electron chi connectivity index (χ1n) is 10.5. The minimum atomic E-state index is -0.336. The fourth-order valence-electron chi connectivity index (χ4n) is 3.82. The van der Waals surface area contributed by atoms with Crippen molar-refractivity contribution in [1.82, 2.24) is 20.4 Å². The van der Waals surface area contributed by atoms with Gasteiger partial charge in [0.05, 0.1) is 6.04 Å². The second-order valence-electron chi connectivity index (χ2n) is 8.64. The van der Waals surface area contributed by atoms with Crippen LogP contribution in [-0.4, -0.2) is 75.0 Å². The lowest BCUT2D eigenvalue weighted by Gasteiger charge is -2.28. The van der Waals surface area contributed by atoms with Crippen LogP contribution >= 0.6 is 35.6 Å². The number of carbonyl (C=O) groups is 1. The molecule has 0 bridgehead atoms. The third-order valence-corrected chi connectivity index (χ3v) is 5.90. The van der Waals surface area contributed by atoms with Crippen molar-refractivity contribution in [2.45, 2.75) is 44.6 Å². The minimum Gasteiger partial charge on any atom is -0.356 e. The number of amides is 1. The molecule has 2 rings (SSSR count). The van der Waals surface area contributed by atoms with Crippen LogP contribution in [0.3, 0.4) is 0 Å². The van der Waals surface area contributed by atoms with Gasteiger partial charge < -0.3 is 15.5 Å². The van der Waals surface area contributed by atoms with E-state index in [1.807, 2.05) is 14.1 Å². The van der Waals surface area contributed by atoms with Crippen LogP contribution < -0.4 is 10.6 Å². The Labute approximate surface area is 208 Å². The van der Waals surface area contributed by atoms with E-state index in [2.05, 4.69) is 34.4 Å². The molecule has 0 saturated carbocycles. The summed E-state index contributed by atoms with van der Waals surface area (Å²) in [7, 11) is 5.37. The highest BCUT2D eigenvalue weighted by Crippen LogP contribution is 2.29. The SMILES string of the molecule is CN=C(NCCCN1CCCC1C(=O)N(C)C)NCC(C)(C)c1ccc(F)cc1Cl.I. The minimum absolute atomic E-state index is 0. The maximum absolute atomic E-state index is 13.3. The molecule has 1 aliphatic heterocycles. The average Bonchev–Trinajstić information content (AvgIpc) is 3.14. The summed E-state index contributed by atoms with van der Waals surface area (Å²) in [6, 6.07) is 4.52. The highest BCUT2D eigenvalue weighted by Gasteiger charge is 2.31. The number of nitrogens with one attached hydrogen (secondary N) is 2. The fourth-order valence-corrected chi connectivity index (χ4v) is 4.24. The van der Waals surface area contributed by atoms with Crippen LogP contribution in [0.15, 0.2) is 23.2 Å². The number of likely N-dealkylation sites (N-methyl/N-ethyl adjacent to an activating group) is 1. The summed E-state index contributed by atoms with van der Waals surface area (Å²) in [4.78, 5) is 20.5. The van der Waals surface area contributed by atoms with Crippen molar-refractivity contribution in [3.63, 3.8) is 0 Å². The summed E-state index contributed by atoms with van der Waals surface area (Å²) >= 11 is 6.24. The molecule has 1 unspecified atom stereocenters. The van der Waals surface area contributed by atoms with Crippen LogP contribution in [-0.2, 0) is 10.2 Å². The number of hydrogen-bond acceptors (Lipinski definition) is 3. The standard InChI is InChI=1S/C22H35ClFN5O.HI/c1-22(2,17-10-9-16(24)14-18(17)23)15-27-21(25-3)26-11-7-13-29-12-6-8-19(29)20(30)28(4)5;/h9-10,14,19H,6-8,11-13,15H2,1-5H3,(H2,25,26,27);1H. The number of hydrogen-bond donors (Lipinski definition) is 2. The van der Waals surface area contributed by atoms with Crippen LogP contribution in [0.5, 0.6) is 0 Å². The predicted molar refractivity (Wildman–Crippen MR) is 137 cm³/mol. The topological polar surface area (TPSA) is 60.0 Å². The summed E-state index contributed by atoms with van der Waals surface area (Å²) in [5.41, 5.74) is 0.594. The van der Waals surface area contributed by atoms with Gasteiger partial charge in [-0.1, -0.05) is 31.5 Å². The zero-order valence-corrected chi connectivity index (χ0v) is 22.3. The first-order valence-corrected chi connectivity index (χ1v) is 10.9. The second kappa shape index (κ2) is 12.8. The van der Waals surface area contributed by atoms with Crippen molar-refractivity contribution in [3.05, 3.63) is 34.6 Å². The molecule has 0 aromatic heterocycles. The molecule has 9 heteroatoms. The van der Waals surface area contributed by atoms with Crippen LogP contribution in [0, 0.1) is 5.82 Å². The number of aliphatic imine (C=N–C) groups is 1. The molecule has 1 aromatic carbocycles. The zero-order chi connectivity index (χ0) is 22.3. The number of rotatable bonds is 8. The van der Waals surface area contributed by atoms with E-state index in [1.54, 1.807) is 18.0 Å². The number of guanidine groups is 1. The van der Waals surface area contributed by atoms with Gasteiger partial charge in [0.1, 0.15) is 5.82 Å². The van der Waals surface area contributed by atoms with Crippen LogP contribution in [0.25, 0.3) is 0 Å². The summed E-state index contributed by atoms with van der Waals surface area (Å²) in [6.07, 6.45) is 2.93. The van der Waals surface area contributed by atoms with Crippen molar-refractivity contribution in [2.24, 2.45) is 4.99 Å². The van der Waals surface area contributed by atoms with Gasteiger partial charge in [-0.15, -0.1) is 24.0 Å². The maximum atomic E-state index is 13.3. The molecule has 1 atom stereocenters. The summed E-state index contributed by atoms with van der Waals surface area (Å²) in [6.45, 7) is 7.33. The van der Waals surface area contributed by atoms with Gasteiger partial charge in [0.2, 0.25) is 5.91 Å². The lowest BCUT2D eigenvalue weighted by atomic mass is 9.84. The number of likely N-dealkylation sites (tertiary alicyclic amines) is 1. The van der Waals surface area contributed by atoms with Gasteiger partial charge >= 0.3 is 0 Å². The van der Waals surface area contributed by atoms with Gasteiger partial charge in [0.25, 0.3) is 0 Å². The average molecular weight is 568 g/mol. The van der Waals surface area contributed by atoms with Gasteiger partial charge in [-0.05, 0) is 43.5 Å². The van der Waals surface area contributed by atoms with Gasteiger partial charge in [0, 0.05) is 51.2 Å². The van der Waals surface area contributed by atoms with Crippen LogP contribution in [0.1, 0.15) is 38.7 Å². The molecule has 1 fully saturated rings. The van der Waals surface area contributed by atoms with Crippen molar-refractivity contribution in [1.29, 1.82) is 0 Å². The Morgan fingerprint density at radius 2 is 2.06 bits per heavy atom. The number of benzene rings is 1. The molecule has 2 N–H and O–H groups in total. The highest BCUT2D eigenvalue weighted by molar-refractivity contribution is 14.0. The maximum Gasteiger partial charge on any atom is 0.239 e. The Bertz CT molecular complexity index is 759. The first kappa shape index (κ1) is 27.9. The quantitative estimate of drug-likeness (QED) is 0.219. The highest BCUT2D eigenvalue weighted by atomic mass is 127. The monoisotopic (exact) mass is 567 g/mol. The summed E-state index contributed by atoms with van der Waals surface area (Å²) < 4.78 is 13.3. The molecule has 1 amide bonds. The zero-order valence-electron chi connectivity index (χ0n) is 19.2. The van der Waals surface area contributed by atoms with Crippen molar-refractivity contribution in [2.75, 3.05) is 47.3 Å². The Morgan fingerprint density at radius 1 is 1.35 bits per heavy atom. The van der Waals surface area contributed by atoms with E-state index in [1.165, 1.54) is 12.1 Å². The molecule has 1 aromatic rings. The van der Waals surface area contributed by atoms with E-state index in [9.17, 15) is 9.18 Å². The molecular formula is C22H36ClFIN5O. The van der Waals surface area contributed by atoms with Crippen molar-refractivity contribution in [3.8, 4) is 0 Å². The van der Waals surface area contributed by atoms with Gasteiger partial charge in [-0.2, -0.15) is 0 Å². The first-order chi connectivity index (χ1) is 14.2. The predicted octanol–water partition coefficient (Wildman–Crippen LogP) is 3.48. The molecule has 1 heterocycles. The van der Waals surface area contributed by atoms with E-state index in [0.717, 1.165) is 44.5 Å². The lowest BCUT2D eigenvalue weighted by molar-refractivity contribution is -0.133. The largest absolute Gasteiger partial charge is 0.356 e. The van der Waals surface area contributed by atoms with Crippen molar-refractivity contribution < 1.29 is 9.18 Å². The van der Waals surface area contributed by atoms with E-state index < -0.39 is 0 Å². The smallest absolute Gasteiger partial charge is 0.239 e. The molecule has 0 aliphatic carbocycles. The third kappa shape index (κ3) is 8.05.